The van der Waals surface area contributed by atoms with E-state index in [1.165, 1.54) is 12.0 Å². The lowest BCUT2D eigenvalue weighted by Gasteiger charge is -2.42. The smallest absolute Gasteiger partial charge is 0.220 e. The Kier molecular flexibility index (Phi) is 4.96. The number of hydrogen-bond donors (Lipinski definition) is 1. The number of rotatable bonds is 6. The average molecular weight is 318 g/mol. The van der Waals surface area contributed by atoms with Crippen LogP contribution >= 0.6 is 0 Å². The molecule has 0 aliphatic heterocycles. The summed E-state index contributed by atoms with van der Waals surface area (Å²) in [7, 11) is 0. The van der Waals surface area contributed by atoms with Crippen molar-refractivity contribution in [2.45, 2.75) is 37.5 Å². The summed E-state index contributed by atoms with van der Waals surface area (Å²) >= 11 is 0. The molecule has 3 nitrogen and oxygen atoms in total. The lowest BCUT2D eigenvalue weighted by Crippen LogP contribution is -2.45. The molecule has 1 fully saturated rings. The molecule has 0 radical (unpaired) electrons. The minimum atomic E-state index is 0.0987. The maximum absolute atomic E-state index is 12.2. The van der Waals surface area contributed by atoms with Gasteiger partial charge < -0.3 is 5.32 Å². The van der Waals surface area contributed by atoms with Gasteiger partial charge in [0.15, 0.2) is 0 Å². The van der Waals surface area contributed by atoms with Crippen LogP contribution in [0.1, 0.15) is 42.4 Å². The Morgan fingerprint density at radius 3 is 2.38 bits per heavy atom. The Morgan fingerprint density at radius 1 is 1.08 bits per heavy atom. The van der Waals surface area contributed by atoms with Gasteiger partial charge in [-0.3, -0.25) is 4.79 Å². The van der Waals surface area contributed by atoms with E-state index >= 15 is 0 Å². The third-order valence-electron chi connectivity index (χ3n) is 5.04. The summed E-state index contributed by atoms with van der Waals surface area (Å²) < 4.78 is 0. The highest BCUT2D eigenvalue weighted by molar-refractivity contribution is 5.76. The quantitative estimate of drug-likeness (QED) is 0.882. The van der Waals surface area contributed by atoms with Gasteiger partial charge in [-0.05, 0) is 42.5 Å². The van der Waals surface area contributed by atoms with E-state index in [1.54, 1.807) is 12.1 Å². The van der Waals surface area contributed by atoms with E-state index in [1.807, 2.05) is 18.2 Å². The molecule has 2 aromatic carbocycles. The van der Waals surface area contributed by atoms with Crippen molar-refractivity contribution >= 4 is 5.91 Å². The minimum Gasteiger partial charge on any atom is -0.355 e. The van der Waals surface area contributed by atoms with Gasteiger partial charge >= 0.3 is 0 Å². The largest absolute Gasteiger partial charge is 0.355 e. The molecule has 3 rings (SSSR count). The summed E-state index contributed by atoms with van der Waals surface area (Å²) in [6.07, 6.45) is 4.71. The van der Waals surface area contributed by atoms with Gasteiger partial charge in [-0.1, -0.05) is 48.9 Å². The zero-order valence-corrected chi connectivity index (χ0v) is 13.8. The van der Waals surface area contributed by atoms with Gasteiger partial charge in [0.05, 0.1) is 11.6 Å². The molecule has 0 unspecified atom stereocenters. The number of hydrogen-bond acceptors (Lipinski definition) is 2. The second-order valence-electron chi connectivity index (χ2n) is 6.59. The summed E-state index contributed by atoms with van der Waals surface area (Å²) in [4.78, 5) is 12.2. The third kappa shape index (κ3) is 3.65. The summed E-state index contributed by atoms with van der Waals surface area (Å²) in [5, 5.41) is 11.9. The fourth-order valence-corrected chi connectivity index (χ4v) is 3.32. The molecule has 2 aromatic rings. The SMILES string of the molecule is N#Cc1ccc(CCC(=O)NCC2(c3ccccc3)CCC2)cc1. The van der Waals surface area contributed by atoms with Crippen molar-refractivity contribution in [1.29, 1.82) is 5.26 Å². The lowest BCUT2D eigenvalue weighted by atomic mass is 9.64. The molecule has 0 saturated heterocycles. The number of nitrogens with one attached hydrogen (secondary N) is 1. The molecular weight excluding hydrogens is 296 g/mol. The molecule has 1 aliphatic carbocycles. The van der Waals surface area contributed by atoms with Crippen molar-refractivity contribution in [2.75, 3.05) is 6.54 Å². The van der Waals surface area contributed by atoms with Crippen LogP contribution in [0.15, 0.2) is 54.6 Å². The topological polar surface area (TPSA) is 52.9 Å². The van der Waals surface area contributed by atoms with E-state index in [0.717, 1.165) is 24.9 Å². The zero-order valence-electron chi connectivity index (χ0n) is 13.8. The number of carbonyl (C=O) groups excluding carboxylic acids is 1. The monoisotopic (exact) mass is 318 g/mol. The number of nitrogens with zero attached hydrogens (tertiary/aromatic N) is 1. The molecule has 0 spiro atoms. The van der Waals surface area contributed by atoms with Crippen molar-refractivity contribution in [3.8, 4) is 6.07 Å². The normalized spacial score (nSPS) is 15.1. The second kappa shape index (κ2) is 7.31. The maximum atomic E-state index is 12.2. The minimum absolute atomic E-state index is 0.0987. The van der Waals surface area contributed by atoms with Gasteiger partial charge in [-0.15, -0.1) is 0 Å². The summed E-state index contributed by atoms with van der Waals surface area (Å²) in [5.74, 6) is 0.0987. The van der Waals surface area contributed by atoms with E-state index < -0.39 is 0 Å². The molecule has 0 aromatic heterocycles. The van der Waals surface area contributed by atoms with E-state index in [9.17, 15) is 4.79 Å². The number of amides is 1. The van der Waals surface area contributed by atoms with Crippen LogP contribution in [0.5, 0.6) is 0 Å². The molecule has 0 heterocycles. The van der Waals surface area contributed by atoms with Crippen molar-refractivity contribution in [1.82, 2.24) is 5.32 Å². The van der Waals surface area contributed by atoms with Gasteiger partial charge in [0.25, 0.3) is 0 Å². The van der Waals surface area contributed by atoms with Gasteiger partial charge in [-0.25, -0.2) is 0 Å². The van der Waals surface area contributed by atoms with Crippen LogP contribution < -0.4 is 5.32 Å². The molecular formula is C21H22N2O. The van der Waals surface area contributed by atoms with Gasteiger partial charge in [0, 0.05) is 18.4 Å². The first-order valence-electron chi connectivity index (χ1n) is 8.53. The highest BCUT2D eigenvalue weighted by atomic mass is 16.1. The molecule has 1 saturated carbocycles. The van der Waals surface area contributed by atoms with Crippen molar-refractivity contribution in [2.24, 2.45) is 0 Å². The fourth-order valence-electron chi connectivity index (χ4n) is 3.32. The van der Waals surface area contributed by atoms with Crippen molar-refractivity contribution in [3.05, 3.63) is 71.3 Å². The lowest BCUT2D eigenvalue weighted by molar-refractivity contribution is -0.121. The van der Waals surface area contributed by atoms with E-state index in [2.05, 4.69) is 35.7 Å². The van der Waals surface area contributed by atoms with E-state index in [4.69, 9.17) is 5.26 Å². The van der Waals surface area contributed by atoms with Crippen LogP contribution in [-0.4, -0.2) is 12.5 Å². The molecule has 0 atom stereocenters. The highest BCUT2D eigenvalue weighted by Gasteiger charge is 2.38. The number of benzene rings is 2. The number of nitriles is 1. The van der Waals surface area contributed by atoms with Crippen LogP contribution in [0.2, 0.25) is 0 Å². The molecule has 0 bridgehead atoms. The molecule has 1 aliphatic rings. The number of aryl methyl sites for hydroxylation is 1. The van der Waals surface area contributed by atoms with E-state index in [0.29, 0.717) is 18.4 Å². The fraction of sp³-hybridized carbons (Fsp3) is 0.333. The second-order valence-corrected chi connectivity index (χ2v) is 6.59. The zero-order chi connectivity index (χ0) is 16.8. The third-order valence-corrected chi connectivity index (χ3v) is 5.04. The molecule has 24 heavy (non-hydrogen) atoms. The Morgan fingerprint density at radius 2 is 1.79 bits per heavy atom. The Balaban J connectivity index is 1.51. The molecule has 3 heteroatoms. The molecule has 1 N–H and O–H groups in total. The first kappa shape index (κ1) is 16.3. The number of carbonyl (C=O) groups is 1. The maximum Gasteiger partial charge on any atom is 0.220 e. The molecule has 1 amide bonds. The Hall–Kier alpha value is -2.60. The van der Waals surface area contributed by atoms with Gasteiger partial charge in [0.2, 0.25) is 5.91 Å². The van der Waals surface area contributed by atoms with Crippen LogP contribution in [-0.2, 0) is 16.6 Å². The summed E-state index contributed by atoms with van der Waals surface area (Å²) in [6, 6.07) is 20.1. The summed E-state index contributed by atoms with van der Waals surface area (Å²) in [5.41, 5.74) is 3.21. The van der Waals surface area contributed by atoms with Crippen molar-refractivity contribution in [3.63, 3.8) is 0 Å². The summed E-state index contributed by atoms with van der Waals surface area (Å²) in [6.45, 7) is 0.725. The predicted octanol–water partition coefficient (Wildman–Crippen LogP) is 3.73. The van der Waals surface area contributed by atoms with Gasteiger partial charge in [-0.2, -0.15) is 5.26 Å². The highest BCUT2D eigenvalue weighted by Crippen LogP contribution is 2.43. The van der Waals surface area contributed by atoms with Crippen LogP contribution in [0.3, 0.4) is 0 Å². The first-order chi connectivity index (χ1) is 11.7. The Labute approximate surface area is 143 Å². The van der Waals surface area contributed by atoms with Gasteiger partial charge in [0.1, 0.15) is 0 Å². The van der Waals surface area contributed by atoms with E-state index in [-0.39, 0.29) is 11.3 Å². The van der Waals surface area contributed by atoms with Crippen LogP contribution in [0.4, 0.5) is 0 Å². The average Bonchev–Trinajstić information content (AvgIpc) is 2.60. The Bertz CT molecular complexity index is 725. The van der Waals surface area contributed by atoms with Crippen molar-refractivity contribution < 1.29 is 4.79 Å². The van der Waals surface area contributed by atoms with Crippen LogP contribution in [0, 0.1) is 11.3 Å². The standard InChI is InChI=1S/C21H22N2O/c22-15-18-9-7-17(8-10-18)11-12-20(24)23-16-21(13-4-14-21)19-5-2-1-3-6-19/h1-3,5-10H,4,11-14,16H2,(H,23,24). The predicted molar refractivity (Wildman–Crippen MR) is 94.5 cm³/mol. The van der Waals surface area contributed by atoms with Crippen LogP contribution in [0.25, 0.3) is 0 Å². The molecule has 122 valence electrons. The first-order valence-corrected chi connectivity index (χ1v) is 8.53.